The molecule has 0 aliphatic carbocycles. The molecular weight excluding hydrogens is 400 g/mol. The van der Waals surface area contributed by atoms with Gasteiger partial charge < -0.3 is 9.73 Å². The summed E-state index contributed by atoms with van der Waals surface area (Å²) in [5, 5.41) is 3.07. The van der Waals surface area contributed by atoms with E-state index in [1.807, 2.05) is 52.0 Å². The number of sulfonamides is 1. The smallest absolute Gasteiger partial charge is 0.243 e. The van der Waals surface area contributed by atoms with Crippen LogP contribution in [0.25, 0.3) is 0 Å². The summed E-state index contributed by atoms with van der Waals surface area (Å²) < 4.78 is 33.3. The highest BCUT2D eigenvalue weighted by Crippen LogP contribution is 2.29. The lowest BCUT2D eigenvalue weighted by Crippen LogP contribution is -2.45. The summed E-state index contributed by atoms with van der Waals surface area (Å²) in [7, 11) is -3.55. The van der Waals surface area contributed by atoms with Crippen molar-refractivity contribution in [1.29, 1.82) is 0 Å². The Morgan fingerprint density at radius 1 is 1.20 bits per heavy atom. The fourth-order valence-corrected chi connectivity index (χ4v) is 6.19. The normalized spacial score (nSPS) is 17.1. The number of rotatable bonds is 7. The van der Waals surface area contributed by atoms with Crippen LogP contribution < -0.4 is 5.32 Å². The van der Waals surface area contributed by atoms with Crippen molar-refractivity contribution in [3.63, 3.8) is 0 Å². The van der Waals surface area contributed by atoms with Gasteiger partial charge in [-0.1, -0.05) is 17.7 Å². The molecule has 2 aromatic rings. The first-order valence-corrected chi connectivity index (χ1v) is 12.0. The van der Waals surface area contributed by atoms with Gasteiger partial charge in [-0.15, -0.1) is 0 Å². The number of carbonyl (C=O) groups is 1. The molecule has 164 valence electrons. The summed E-state index contributed by atoms with van der Waals surface area (Å²) in [6.07, 6.45) is 4.32. The van der Waals surface area contributed by atoms with E-state index >= 15 is 0 Å². The molecule has 1 aliphatic heterocycles. The van der Waals surface area contributed by atoms with Gasteiger partial charge in [-0.25, -0.2) is 8.42 Å². The molecule has 0 spiro atoms. The van der Waals surface area contributed by atoms with E-state index in [4.69, 9.17) is 4.42 Å². The van der Waals surface area contributed by atoms with E-state index < -0.39 is 10.0 Å². The van der Waals surface area contributed by atoms with E-state index in [9.17, 15) is 13.2 Å². The average Bonchev–Trinajstić information content (AvgIpc) is 3.19. The molecule has 6 nitrogen and oxygen atoms in total. The highest BCUT2D eigenvalue weighted by atomic mass is 32.2. The Bertz CT molecular complexity index is 952. The molecule has 1 amide bonds. The van der Waals surface area contributed by atoms with Gasteiger partial charge in [0, 0.05) is 31.5 Å². The van der Waals surface area contributed by atoms with Crippen molar-refractivity contribution in [1.82, 2.24) is 9.62 Å². The van der Waals surface area contributed by atoms with Crippen molar-refractivity contribution in [2.75, 3.05) is 13.1 Å². The first-order valence-electron chi connectivity index (χ1n) is 10.6. The van der Waals surface area contributed by atoms with E-state index in [1.165, 1.54) is 4.31 Å². The molecule has 0 saturated carbocycles. The van der Waals surface area contributed by atoms with Crippen molar-refractivity contribution >= 4 is 15.9 Å². The number of benzene rings is 1. The minimum atomic E-state index is -3.55. The summed E-state index contributed by atoms with van der Waals surface area (Å²) in [6, 6.07) is 7.65. The zero-order chi connectivity index (χ0) is 21.9. The molecule has 1 atom stereocenters. The second kappa shape index (κ2) is 9.35. The van der Waals surface area contributed by atoms with Gasteiger partial charge in [-0.05, 0) is 70.2 Å². The fraction of sp³-hybridized carbons (Fsp3) is 0.522. The lowest BCUT2D eigenvalue weighted by Gasteiger charge is -2.32. The number of hydrogen-bond acceptors (Lipinski definition) is 4. The topological polar surface area (TPSA) is 79.6 Å². The van der Waals surface area contributed by atoms with E-state index in [0.29, 0.717) is 30.8 Å². The Hall–Kier alpha value is -2.12. The number of hydrogen-bond donors (Lipinski definition) is 1. The number of furan rings is 1. The van der Waals surface area contributed by atoms with Crippen LogP contribution in [0.5, 0.6) is 0 Å². The van der Waals surface area contributed by atoms with Gasteiger partial charge in [0.2, 0.25) is 15.9 Å². The first kappa shape index (κ1) is 22.6. The van der Waals surface area contributed by atoms with Gasteiger partial charge in [-0.3, -0.25) is 4.79 Å². The third-order valence-corrected chi connectivity index (χ3v) is 8.02. The number of nitrogens with zero attached hydrogens (tertiary/aromatic N) is 1. The van der Waals surface area contributed by atoms with Crippen molar-refractivity contribution < 1.29 is 17.6 Å². The second-order valence-corrected chi connectivity index (χ2v) is 10.3. The van der Waals surface area contributed by atoms with Crippen LogP contribution in [-0.2, 0) is 21.2 Å². The number of aryl methyl sites for hydroxylation is 4. The maximum Gasteiger partial charge on any atom is 0.243 e. The lowest BCUT2D eigenvalue weighted by atomic mass is 9.96. The Morgan fingerprint density at radius 2 is 1.83 bits per heavy atom. The minimum Gasteiger partial charge on any atom is -0.469 e. The summed E-state index contributed by atoms with van der Waals surface area (Å²) in [5.41, 5.74) is 2.61. The monoisotopic (exact) mass is 432 g/mol. The molecule has 1 aliphatic rings. The maximum absolute atomic E-state index is 13.2. The average molecular weight is 433 g/mol. The standard InChI is InChI=1S/C23H32N2O4S/c1-16-14-17(2)22(18(3)15-16)30(27,28)25-11-9-20(10-12-25)23(26)24-19(4)7-8-21-6-5-13-29-21/h5-6,13-15,19-20H,7-12H2,1-4H3,(H,24,26). The Kier molecular flexibility index (Phi) is 7.03. The third-order valence-electron chi connectivity index (χ3n) is 5.82. The van der Waals surface area contributed by atoms with Crippen LogP contribution in [0.1, 0.15) is 48.6 Å². The summed E-state index contributed by atoms with van der Waals surface area (Å²) in [4.78, 5) is 13.0. The predicted octanol–water partition coefficient (Wildman–Crippen LogP) is 3.74. The van der Waals surface area contributed by atoms with Crippen LogP contribution >= 0.6 is 0 Å². The van der Waals surface area contributed by atoms with Crippen LogP contribution in [0.15, 0.2) is 39.8 Å². The zero-order valence-electron chi connectivity index (χ0n) is 18.3. The van der Waals surface area contributed by atoms with Gasteiger partial charge in [0.15, 0.2) is 0 Å². The van der Waals surface area contributed by atoms with Crippen LogP contribution in [0, 0.1) is 26.7 Å². The van der Waals surface area contributed by atoms with Crippen molar-refractivity contribution in [3.8, 4) is 0 Å². The van der Waals surface area contributed by atoms with Gasteiger partial charge in [-0.2, -0.15) is 4.31 Å². The molecule has 7 heteroatoms. The van der Waals surface area contributed by atoms with E-state index in [0.717, 1.165) is 35.3 Å². The number of amides is 1. The highest BCUT2D eigenvalue weighted by Gasteiger charge is 2.33. The van der Waals surface area contributed by atoms with Gasteiger partial charge >= 0.3 is 0 Å². The largest absolute Gasteiger partial charge is 0.469 e. The predicted molar refractivity (Wildman–Crippen MR) is 117 cm³/mol. The molecule has 1 saturated heterocycles. The third kappa shape index (κ3) is 5.13. The van der Waals surface area contributed by atoms with Gasteiger partial charge in [0.1, 0.15) is 5.76 Å². The second-order valence-electron chi connectivity index (χ2n) is 8.43. The molecule has 1 fully saturated rings. The van der Waals surface area contributed by atoms with Crippen molar-refractivity contribution in [3.05, 3.63) is 53.0 Å². The van der Waals surface area contributed by atoms with Gasteiger partial charge in [0.25, 0.3) is 0 Å². The SMILES string of the molecule is Cc1cc(C)c(S(=O)(=O)N2CCC(C(=O)NC(C)CCc3ccco3)CC2)c(C)c1. The molecule has 2 heterocycles. The van der Waals surface area contributed by atoms with Crippen molar-refractivity contribution in [2.45, 2.75) is 64.3 Å². The first-order chi connectivity index (χ1) is 14.2. The highest BCUT2D eigenvalue weighted by molar-refractivity contribution is 7.89. The Balaban J connectivity index is 1.55. The quantitative estimate of drug-likeness (QED) is 0.723. The molecule has 30 heavy (non-hydrogen) atoms. The Morgan fingerprint density at radius 3 is 2.40 bits per heavy atom. The number of nitrogens with one attached hydrogen (secondary N) is 1. The van der Waals surface area contributed by atoms with E-state index in [2.05, 4.69) is 5.32 Å². The van der Waals surface area contributed by atoms with Crippen LogP contribution in [-0.4, -0.2) is 37.8 Å². The molecule has 1 aromatic carbocycles. The molecule has 0 bridgehead atoms. The minimum absolute atomic E-state index is 0.0155. The molecular formula is C23H32N2O4S. The lowest BCUT2D eigenvalue weighted by molar-refractivity contribution is -0.126. The molecule has 1 N–H and O–H groups in total. The summed E-state index contributed by atoms with van der Waals surface area (Å²) >= 11 is 0. The summed E-state index contributed by atoms with van der Waals surface area (Å²) in [6.45, 7) is 8.38. The molecule has 0 radical (unpaired) electrons. The van der Waals surface area contributed by atoms with E-state index in [-0.39, 0.29) is 17.9 Å². The van der Waals surface area contributed by atoms with Crippen LogP contribution in [0.2, 0.25) is 0 Å². The van der Waals surface area contributed by atoms with Gasteiger partial charge in [0.05, 0.1) is 11.2 Å². The number of carbonyl (C=O) groups excluding carboxylic acids is 1. The number of piperidine rings is 1. The van der Waals surface area contributed by atoms with E-state index in [1.54, 1.807) is 6.26 Å². The molecule has 1 unspecified atom stereocenters. The van der Waals surface area contributed by atoms with Crippen LogP contribution in [0.4, 0.5) is 0 Å². The maximum atomic E-state index is 13.2. The fourth-order valence-electron chi connectivity index (χ4n) is 4.31. The summed E-state index contributed by atoms with van der Waals surface area (Å²) in [5.74, 6) is 0.778. The zero-order valence-corrected chi connectivity index (χ0v) is 19.1. The molecule has 1 aromatic heterocycles. The Labute approximate surface area is 179 Å². The van der Waals surface area contributed by atoms with Crippen molar-refractivity contribution in [2.24, 2.45) is 5.92 Å². The molecule has 3 rings (SSSR count). The van der Waals surface area contributed by atoms with Crippen LogP contribution in [0.3, 0.4) is 0 Å².